The fourth-order valence-corrected chi connectivity index (χ4v) is 10.5. The summed E-state index contributed by atoms with van der Waals surface area (Å²) in [6, 6.07) is 8.71. The van der Waals surface area contributed by atoms with Crippen LogP contribution in [-0.2, 0) is 45.6 Å². The molecule has 0 saturated carbocycles. The minimum absolute atomic E-state index is 0.00839. The zero-order valence-corrected chi connectivity index (χ0v) is 36.1. The van der Waals surface area contributed by atoms with Gasteiger partial charge in [0, 0.05) is 118 Å². The molecule has 0 radical (unpaired) electrons. The molecule has 0 aliphatic carbocycles. The molecule has 5 aliphatic rings. The minimum atomic E-state index is -2.67. The Bertz CT molecular complexity index is 2450. The lowest BCUT2D eigenvalue weighted by atomic mass is 9.92. The van der Waals surface area contributed by atoms with Crippen molar-refractivity contribution < 1.29 is 32.8 Å². The monoisotopic (exact) mass is 864 g/mol. The molecule has 0 spiro atoms. The summed E-state index contributed by atoms with van der Waals surface area (Å²) in [6.07, 6.45) is 7.39. The molecular formula is C46H54F2N10O5. The maximum atomic E-state index is 14.7. The van der Waals surface area contributed by atoms with Gasteiger partial charge in [0.2, 0.25) is 24.1 Å². The van der Waals surface area contributed by atoms with Crippen LogP contribution < -0.4 is 15.1 Å². The molecule has 2 aromatic carbocycles. The lowest BCUT2D eigenvalue weighted by molar-refractivity contribution is -0.139. The van der Waals surface area contributed by atoms with E-state index in [1.54, 1.807) is 43.2 Å². The van der Waals surface area contributed by atoms with E-state index in [2.05, 4.69) is 29.8 Å². The molecule has 9 rings (SSSR count). The number of alkyl halides is 2. The Labute approximate surface area is 364 Å². The number of carbonyl (C=O) groups is 5. The molecule has 0 bridgehead atoms. The van der Waals surface area contributed by atoms with Gasteiger partial charge in [-0.05, 0) is 98.9 Å². The third-order valence-electron chi connectivity index (χ3n) is 13.9. The number of hydrogen-bond donors (Lipinski definition) is 1. The van der Waals surface area contributed by atoms with Crippen molar-refractivity contribution >= 4 is 47.2 Å². The molecule has 5 amide bonds. The minimum Gasteiger partial charge on any atom is -0.371 e. The number of aryl methyl sites for hydroxylation is 3. The number of fused-ring (bicyclic) bond motifs is 2. The lowest BCUT2D eigenvalue weighted by Crippen LogP contribution is -2.53. The number of anilines is 3. The summed E-state index contributed by atoms with van der Waals surface area (Å²) in [6.45, 7) is 8.68. The number of carbonyl (C=O) groups excluding carboxylic acids is 5. The quantitative estimate of drug-likeness (QED) is 0.175. The molecule has 3 saturated heterocycles. The number of halogens is 2. The summed E-state index contributed by atoms with van der Waals surface area (Å²) in [5, 5.41) is 11.8. The van der Waals surface area contributed by atoms with E-state index in [1.807, 2.05) is 30.0 Å². The van der Waals surface area contributed by atoms with Crippen molar-refractivity contribution in [2.24, 2.45) is 7.05 Å². The van der Waals surface area contributed by atoms with Crippen LogP contribution in [0.5, 0.6) is 0 Å². The van der Waals surface area contributed by atoms with Gasteiger partial charge in [0.1, 0.15) is 6.04 Å². The molecule has 2 aromatic heterocycles. The molecule has 17 heteroatoms. The molecule has 1 unspecified atom stereocenters. The van der Waals surface area contributed by atoms with E-state index >= 15 is 0 Å². The molecule has 332 valence electrons. The number of nitrogens with one attached hydrogen (secondary N) is 1. The number of aromatic nitrogens is 4. The van der Waals surface area contributed by atoms with Gasteiger partial charge in [-0.1, -0.05) is 0 Å². The maximum absolute atomic E-state index is 14.7. The number of amides is 5. The van der Waals surface area contributed by atoms with Gasteiger partial charge in [-0.25, -0.2) is 8.78 Å². The third-order valence-corrected chi connectivity index (χ3v) is 13.9. The van der Waals surface area contributed by atoms with Gasteiger partial charge in [0.15, 0.2) is 5.82 Å². The van der Waals surface area contributed by atoms with E-state index in [0.29, 0.717) is 60.8 Å². The average molecular weight is 865 g/mol. The van der Waals surface area contributed by atoms with E-state index in [9.17, 15) is 32.8 Å². The smallest absolute Gasteiger partial charge is 0.264 e. The Balaban J connectivity index is 0.876. The van der Waals surface area contributed by atoms with Gasteiger partial charge in [0.25, 0.3) is 12.3 Å². The Hall–Kier alpha value is -5.97. The van der Waals surface area contributed by atoms with Crippen LogP contribution in [-0.4, -0.2) is 116 Å². The topological polar surface area (TPSA) is 149 Å². The highest BCUT2D eigenvalue weighted by Crippen LogP contribution is 2.44. The average Bonchev–Trinajstić information content (AvgIpc) is 3.90. The van der Waals surface area contributed by atoms with Crippen LogP contribution >= 0.6 is 0 Å². The number of piperidine rings is 3. The number of hydrogen-bond acceptors (Lipinski definition) is 10. The van der Waals surface area contributed by atoms with E-state index in [0.717, 1.165) is 104 Å². The number of nitrogens with zero attached hydrogens (tertiary/aromatic N) is 9. The summed E-state index contributed by atoms with van der Waals surface area (Å²) in [4.78, 5) is 71.9. The molecule has 5 aliphatic heterocycles. The van der Waals surface area contributed by atoms with Gasteiger partial charge in [-0.3, -0.25) is 43.6 Å². The van der Waals surface area contributed by atoms with Crippen LogP contribution in [0.25, 0.3) is 11.1 Å². The van der Waals surface area contributed by atoms with Crippen LogP contribution in [0.4, 0.5) is 26.0 Å². The summed E-state index contributed by atoms with van der Waals surface area (Å²) >= 11 is 0. The van der Waals surface area contributed by atoms with Crippen molar-refractivity contribution in [2.45, 2.75) is 103 Å². The first-order valence-electron chi connectivity index (χ1n) is 22.2. The first-order chi connectivity index (χ1) is 30.4. The Morgan fingerprint density at radius 1 is 0.937 bits per heavy atom. The fraction of sp³-hybridized carbons (Fsp3) is 0.500. The van der Waals surface area contributed by atoms with Crippen molar-refractivity contribution in [1.29, 1.82) is 0 Å². The van der Waals surface area contributed by atoms with Crippen LogP contribution in [0, 0.1) is 6.92 Å². The van der Waals surface area contributed by atoms with Gasteiger partial charge in [0.05, 0.1) is 18.8 Å². The predicted molar refractivity (Wildman–Crippen MR) is 231 cm³/mol. The molecule has 7 heterocycles. The predicted octanol–water partition coefficient (Wildman–Crippen LogP) is 5.23. The maximum Gasteiger partial charge on any atom is 0.264 e. The fourth-order valence-electron chi connectivity index (χ4n) is 10.5. The van der Waals surface area contributed by atoms with E-state index in [1.165, 1.54) is 0 Å². The first-order valence-corrected chi connectivity index (χ1v) is 22.2. The van der Waals surface area contributed by atoms with Gasteiger partial charge >= 0.3 is 0 Å². The van der Waals surface area contributed by atoms with Crippen molar-refractivity contribution in [3.8, 4) is 11.1 Å². The second-order valence-corrected chi connectivity index (χ2v) is 17.7. The van der Waals surface area contributed by atoms with Crippen molar-refractivity contribution in [2.75, 3.05) is 49.1 Å². The number of rotatable bonds is 9. The van der Waals surface area contributed by atoms with Crippen molar-refractivity contribution in [1.82, 2.24) is 39.6 Å². The lowest BCUT2D eigenvalue weighted by Gasteiger charge is -2.42. The molecule has 63 heavy (non-hydrogen) atoms. The molecule has 1 atom stereocenters. The standard InChI is InChI=1S/C46H54F2N10O5/c1-28-21-34(6-7-35(28)46(63)57(27-59)40-8-9-42(61)50-45(40)62)54-16-10-32(11-17-54)53-18-12-33(13-19-53)58-39-14-20-55(29(2)60)26-38(39)44(51-58)56-15-4-5-30-22-36(31-24-49-52(3)25-31)37(43(47)48)23-41(30)56/h6-7,21-25,27,32-33,40,43H,4-5,8-20,26H2,1-3H3,(H,50,61,62). The van der Waals surface area contributed by atoms with E-state index in [4.69, 9.17) is 5.10 Å². The van der Waals surface area contributed by atoms with Crippen LogP contribution in [0.3, 0.4) is 0 Å². The van der Waals surface area contributed by atoms with E-state index < -0.39 is 30.2 Å². The second kappa shape index (κ2) is 17.3. The van der Waals surface area contributed by atoms with Crippen LogP contribution in [0.15, 0.2) is 42.7 Å². The highest BCUT2D eigenvalue weighted by atomic mass is 19.3. The van der Waals surface area contributed by atoms with Gasteiger partial charge in [-0.15, -0.1) is 0 Å². The summed E-state index contributed by atoms with van der Waals surface area (Å²) in [7, 11) is 1.78. The number of benzene rings is 2. The Morgan fingerprint density at radius 2 is 1.70 bits per heavy atom. The SMILES string of the molecule is CC(=O)N1CCc2c(c(N3CCCc4cc(-c5cnn(C)c5)c(C(F)F)cc43)nn2C2CCN(C3CCN(c4ccc(C(=O)N(C=O)C5CCC(=O)NC5=O)c(C)c4)CC3)CC2)C1. The normalized spacial score (nSPS) is 20.2. The largest absolute Gasteiger partial charge is 0.371 e. The van der Waals surface area contributed by atoms with Crippen LogP contribution in [0.1, 0.15) is 103 Å². The van der Waals surface area contributed by atoms with Gasteiger partial charge in [-0.2, -0.15) is 10.2 Å². The molecule has 3 fully saturated rings. The highest BCUT2D eigenvalue weighted by molar-refractivity contribution is 6.07. The van der Waals surface area contributed by atoms with E-state index in [-0.39, 0.29) is 30.4 Å². The molecular weight excluding hydrogens is 811 g/mol. The van der Waals surface area contributed by atoms with Crippen LogP contribution in [0.2, 0.25) is 0 Å². The third kappa shape index (κ3) is 8.11. The Kier molecular flexibility index (Phi) is 11.6. The van der Waals surface area contributed by atoms with Crippen molar-refractivity contribution in [3.05, 3.63) is 76.2 Å². The second-order valence-electron chi connectivity index (χ2n) is 17.7. The summed E-state index contributed by atoms with van der Waals surface area (Å²) in [5.74, 6) is -0.845. The highest BCUT2D eigenvalue weighted by Gasteiger charge is 2.38. The first kappa shape index (κ1) is 42.3. The molecule has 15 nitrogen and oxygen atoms in total. The zero-order valence-electron chi connectivity index (χ0n) is 36.1. The molecule has 4 aromatic rings. The Morgan fingerprint density at radius 3 is 2.37 bits per heavy atom. The number of imide groups is 2. The summed E-state index contributed by atoms with van der Waals surface area (Å²) in [5.41, 5.74) is 7.09. The number of likely N-dealkylation sites (tertiary alicyclic amines) is 1. The molecule has 1 N–H and O–H groups in total. The van der Waals surface area contributed by atoms with Gasteiger partial charge < -0.3 is 19.6 Å². The summed E-state index contributed by atoms with van der Waals surface area (Å²) < 4.78 is 33.3. The zero-order chi connectivity index (χ0) is 44.1. The van der Waals surface area contributed by atoms with Crippen molar-refractivity contribution in [3.63, 3.8) is 0 Å².